The molecule has 5 rings (SSSR count). The molecule has 0 saturated carbocycles. The van der Waals surface area contributed by atoms with Crippen molar-refractivity contribution in [2.75, 3.05) is 45.3 Å². The van der Waals surface area contributed by atoms with E-state index in [0.29, 0.717) is 29.0 Å². The van der Waals surface area contributed by atoms with Gasteiger partial charge in [-0.15, -0.1) is 0 Å². The van der Waals surface area contributed by atoms with E-state index in [1.807, 2.05) is 43.3 Å². The van der Waals surface area contributed by atoms with Gasteiger partial charge < -0.3 is 24.2 Å². The molecule has 1 fully saturated rings. The molecule has 7 nitrogen and oxygen atoms in total. The Kier molecular flexibility index (Phi) is 6.57. The van der Waals surface area contributed by atoms with Crippen molar-refractivity contribution in [3.63, 3.8) is 0 Å². The number of aromatic hydroxyl groups is 1. The van der Waals surface area contributed by atoms with Crippen LogP contribution in [0.2, 0.25) is 0 Å². The van der Waals surface area contributed by atoms with E-state index < -0.39 is 0 Å². The van der Waals surface area contributed by atoms with Gasteiger partial charge in [0.15, 0.2) is 5.76 Å². The lowest BCUT2D eigenvalue weighted by atomic mass is 9.99. The Bertz CT molecular complexity index is 1290. The average Bonchev–Trinajstić information content (AvgIpc) is 3.23. The number of allylic oxidation sites excluding steroid dienone is 1. The van der Waals surface area contributed by atoms with E-state index in [-0.39, 0.29) is 17.3 Å². The van der Waals surface area contributed by atoms with E-state index >= 15 is 0 Å². The summed E-state index contributed by atoms with van der Waals surface area (Å²) in [5, 5.41) is 10.8. The molecule has 1 N–H and O–H groups in total. The number of phenols is 1. The molecule has 2 heterocycles. The van der Waals surface area contributed by atoms with E-state index in [1.165, 1.54) is 0 Å². The fourth-order valence-corrected chi connectivity index (χ4v) is 4.77. The van der Waals surface area contributed by atoms with E-state index in [1.54, 1.807) is 26.4 Å². The Balaban J connectivity index is 1.33. The zero-order valence-electron chi connectivity index (χ0n) is 20.8. The summed E-state index contributed by atoms with van der Waals surface area (Å²) < 4.78 is 16.6. The van der Waals surface area contributed by atoms with E-state index in [4.69, 9.17) is 14.2 Å². The van der Waals surface area contributed by atoms with Crippen LogP contribution in [0, 0.1) is 6.92 Å². The summed E-state index contributed by atoms with van der Waals surface area (Å²) in [6, 6.07) is 17.2. The third-order valence-electron chi connectivity index (χ3n) is 6.83. The van der Waals surface area contributed by atoms with E-state index in [2.05, 4.69) is 21.9 Å². The van der Waals surface area contributed by atoms with Gasteiger partial charge in [0.2, 0.25) is 5.78 Å². The lowest BCUT2D eigenvalue weighted by Crippen LogP contribution is -2.46. The molecule has 0 spiro atoms. The number of ketones is 1. The highest BCUT2D eigenvalue weighted by Gasteiger charge is 2.34. The van der Waals surface area contributed by atoms with Crippen molar-refractivity contribution >= 4 is 17.5 Å². The maximum absolute atomic E-state index is 13.2. The van der Waals surface area contributed by atoms with Crippen LogP contribution in [0.15, 0.2) is 60.4 Å². The van der Waals surface area contributed by atoms with Crippen LogP contribution in [0.1, 0.15) is 27.0 Å². The van der Waals surface area contributed by atoms with Crippen LogP contribution >= 0.6 is 0 Å². The minimum atomic E-state index is -0.163. The predicted octanol–water partition coefficient (Wildman–Crippen LogP) is 4.66. The number of hydrogen-bond donors (Lipinski definition) is 1. The van der Waals surface area contributed by atoms with Crippen molar-refractivity contribution in [1.82, 2.24) is 4.90 Å². The Morgan fingerprint density at radius 3 is 2.17 bits per heavy atom. The van der Waals surface area contributed by atoms with Gasteiger partial charge in [-0.05, 0) is 66.6 Å². The number of piperazine rings is 1. The predicted molar refractivity (Wildman–Crippen MR) is 139 cm³/mol. The number of benzene rings is 3. The number of rotatable bonds is 6. The standard InChI is InChI=1S/C29H30N2O5/c1-19-16-25(32)24(18-30-12-14-31(15-13-30)21-6-10-23(35-3)11-7-21)29-27(19)28(33)26(36-29)17-20-4-8-22(34-2)9-5-20/h4-11,16-17,32H,12-15,18H2,1-3H3/b26-17-. The number of anilines is 1. The molecular formula is C29H30N2O5. The molecule has 0 radical (unpaired) electrons. The first kappa shape index (κ1) is 23.8. The molecule has 0 unspecified atom stereocenters. The van der Waals surface area contributed by atoms with Gasteiger partial charge in [-0.25, -0.2) is 0 Å². The third kappa shape index (κ3) is 4.62. The van der Waals surface area contributed by atoms with Gasteiger partial charge in [0, 0.05) is 38.4 Å². The Hall–Kier alpha value is -3.97. The number of carbonyl (C=O) groups excluding carboxylic acids is 1. The van der Waals surface area contributed by atoms with Gasteiger partial charge >= 0.3 is 0 Å². The number of Topliss-reactive ketones (excluding diaryl/α,β-unsaturated/α-hetero) is 1. The molecule has 0 aromatic heterocycles. The zero-order chi connectivity index (χ0) is 25.2. The number of carbonyl (C=O) groups is 1. The highest BCUT2D eigenvalue weighted by Crippen LogP contribution is 2.42. The van der Waals surface area contributed by atoms with Crippen molar-refractivity contribution in [3.8, 4) is 23.0 Å². The largest absolute Gasteiger partial charge is 0.507 e. The maximum atomic E-state index is 13.2. The molecule has 36 heavy (non-hydrogen) atoms. The minimum absolute atomic E-state index is 0.155. The SMILES string of the molecule is COc1ccc(/C=C2\Oc3c(CN4CCN(c5ccc(OC)cc5)CC4)c(O)cc(C)c3C2=O)cc1. The molecule has 3 aromatic rings. The molecule has 1 saturated heterocycles. The summed E-state index contributed by atoms with van der Waals surface area (Å²) in [7, 11) is 3.28. The number of ether oxygens (including phenoxy) is 3. The molecule has 0 aliphatic carbocycles. The number of aryl methyl sites for hydroxylation is 1. The van der Waals surface area contributed by atoms with Crippen molar-refractivity contribution < 1.29 is 24.1 Å². The van der Waals surface area contributed by atoms with Crippen LogP contribution in [-0.2, 0) is 6.54 Å². The highest BCUT2D eigenvalue weighted by atomic mass is 16.5. The van der Waals surface area contributed by atoms with E-state index in [0.717, 1.165) is 48.9 Å². The summed E-state index contributed by atoms with van der Waals surface area (Å²) in [4.78, 5) is 17.8. The number of hydrogen-bond acceptors (Lipinski definition) is 7. The van der Waals surface area contributed by atoms with Crippen molar-refractivity contribution in [2.45, 2.75) is 13.5 Å². The smallest absolute Gasteiger partial charge is 0.232 e. The Labute approximate surface area is 211 Å². The zero-order valence-corrected chi connectivity index (χ0v) is 20.8. The molecule has 2 aliphatic rings. The molecule has 2 aliphatic heterocycles. The second kappa shape index (κ2) is 9.95. The number of nitrogens with zero attached hydrogens (tertiary/aromatic N) is 2. The van der Waals surface area contributed by atoms with Crippen LogP contribution in [-0.4, -0.2) is 56.2 Å². The van der Waals surface area contributed by atoms with Crippen LogP contribution in [0.3, 0.4) is 0 Å². The molecule has 0 amide bonds. The van der Waals surface area contributed by atoms with Gasteiger partial charge in [-0.3, -0.25) is 9.69 Å². The van der Waals surface area contributed by atoms with Gasteiger partial charge in [-0.2, -0.15) is 0 Å². The number of methoxy groups -OCH3 is 2. The first-order chi connectivity index (χ1) is 17.5. The Morgan fingerprint density at radius 2 is 1.56 bits per heavy atom. The quantitative estimate of drug-likeness (QED) is 0.508. The summed E-state index contributed by atoms with van der Waals surface area (Å²) in [5.41, 5.74) is 3.89. The average molecular weight is 487 g/mol. The monoisotopic (exact) mass is 486 g/mol. The van der Waals surface area contributed by atoms with Gasteiger partial charge in [-0.1, -0.05) is 12.1 Å². The molecular weight excluding hydrogens is 456 g/mol. The number of phenolic OH excluding ortho intramolecular Hbond substituents is 1. The summed E-state index contributed by atoms with van der Waals surface area (Å²) in [6.45, 7) is 5.72. The summed E-state index contributed by atoms with van der Waals surface area (Å²) in [5.74, 6) is 2.31. The minimum Gasteiger partial charge on any atom is -0.507 e. The van der Waals surface area contributed by atoms with Crippen molar-refractivity contribution in [1.29, 1.82) is 0 Å². The molecule has 3 aromatic carbocycles. The second-order valence-corrected chi connectivity index (χ2v) is 9.07. The summed E-state index contributed by atoms with van der Waals surface area (Å²) >= 11 is 0. The van der Waals surface area contributed by atoms with Crippen LogP contribution in [0.4, 0.5) is 5.69 Å². The fraction of sp³-hybridized carbons (Fsp3) is 0.276. The molecule has 0 bridgehead atoms. The lowest BCUT2D eigenvalue weighted by molar-refractivity contribution is 0.101. The fourth-order valence-electron chi connectivity index (χ4n) is 4.77. The van der Waals surface area contributed by atoms with E-state index in [9.17, 15) is 9.90 Å². The van der Waals surface area contributed by atoms with Crippen LogP contribution in [0.5, 0.6) is 23.0 Å². The van der Waals surface area contributed by atoms with Crippen LogP contribution in [0.25, 0.3) is 6.08 Å². The third-order valence-corrected chi connectivity index (χ3v) is 6.83. The first-order valence-corrected chi connectivity index (χ1v) is 12.0. The maximum Gasteiger partial charge on any atom is 0.232 e. The van der Waals surface area contributed by atoms with Crippen molar-refractivity contribution in [3.05, 3.63) is 82.6 Å². The topological polar surface area (TPSA) is 71.5 Å². The van der Waals surface area contributed by atoms with Crippen LogP contribution < -0.4 is 19.1 Å². The van der Waals surface area contributed by atoms with Gasteiger partial charge in [0.05, 0.1) is 25.3 Å². The molecule has 0 atom stereocenters. The first-order valence-electron chi connectivity index (χ1n) is 12.0. The normalized spacial score (nSPS) is 16.7. The number of fused-ring (bicyclic) bond motifs is 1. The van der Waals surface area contributed by atoms with Gasteiger partial charge in [0.1, 0.15) is 23.0 Å². The second-order valence-electron chi connectivity index (χ2n) is 9.07. The molecule has 186 valence electrons. The highest BCUT2D eigenvalue weighted by molar-refractivity contribution is 6.15. The molecule has 7 heteroatoms. The summed E-state index contributed by atoms with van der Waals surface area (Å²) in [6.07, 6.45) is 1.73. The lowest BCUT2D eigenvalue weighted by Gasteiger charge is -2.36. The Morgan fingerprint density at radius 1 is 0.944 bits per heavy atom. The van der Waals surface area contributed by atoms with Gasteiger partial charge in [0.25, 0.3) is 0 Å². The van der Waals surface area contributed by atoms with Crippen molar-refractivity contribution in [2.24, 2.45) is 0 Å².